The molecule has 0 aromatic carbocycles. The molecule has 3 heterocycles. The van der Waals surface area contributed by atoms with Gasteiger partial charge in [-0.05, 0) is 43.6 Å². The maximum Gasteiger partial charge on any atom is 0.141 e. The largest absolute Gasteiger partial charge is 0.396 e. The predicted molar refractivity (Wildman–Crippen MR) is 81.5 cm³/mol. The monoisotopic (exact) mass is 289 g/mol. The van der Waals surface area contributed by atoms with Gasteiger partial charge in [0.25, 0.3) is 0 Å². The molecule has 0 unspecified atom stereocenters. The van der Waals surface area contributed by atoms with E-state index in [2.05, 4.69) is 14.9 Å². The van der Waals surface area contributed by atoms with Crippen molar-refractivity contribution in [3.63, 3.8) is 0 Å². The van der Waals surface area contributed by atoms with Crippen molar-refractivity contribution >= 4 is 27.4 Å². The zero-order valence-corrected chi connectivity index (χ0v) is 12.3. The van der Waals surface area contributed by atoms with Crippen LogP contribution in [0.25, 0.3) is 10.2 Å². The molecule has 4 nitrogen and oxygen atoms in total. The van der Waals surface area contributed by atoms with Gasteiger partial charge in [-0.3, -0.25) is 0 Å². The van der Waals surface area contributed by atoms with Crippen LogP contribution in [0, 0.1) is 5.92 Å². The highest BCUT2D eigenvalue weighted by molar-refractivity contribution is 7.19. The van der Waals surface area contributed by atoms with Crippen LogP contribution in [0.5, 0.6) is 0 Å². The van der Waals surface area contributed by atoms with Gasteiger partial charge < -0.3 is 10.0 Å². The lowest BCUT2D eigenvalue weighted by atomic mass is 9.98. The van der Waals surface area contributed by atoms with Gasteiger partial charge in [0.15, 0.2) is 0 Å². The number of nitrogens with zero attached hydrogens (tertiary/aromatic N) is 3. The van der Waals surface area contributed by atoms with Crippen LogP contribution in [0.1, 0.15) is 29.7 Å². The molecule has 2 aromatic rings. The van der Waals surface area contributed by atoms with Crippen molar-refractivity contribution in [3.05, 3.63) is 16.8 Å². The third-order valence-electron chi connectivity index (χ3n) is 4.56. The molecular weight excluding hydrogens is 270 g/mol. The number of rotatable bonds is 2. The number of anilines is 1. The van der Waals surface area contributed by atoms with Crippen LogP contribution in [-0.4, -0.2) is 34.8 Å². The normalized spacial score (nSPS) is 22.4. The average Bonchev–Trinajstić information content (AvgIpc) is 3.07. The fourth-order valence-corrected chi connectivity index (χ4v) is 4.78. The SMILES string of the molecule is OC[C@H]1CCCN(c2ncnc3sc4c(c23)CCC4)C1. The van der Waals surface area contributed by atoms with Crippen molar-refractivity contribution in [2.75, 3.05) is 24.6 Å². The first-order chi connectivity index (χ1) is 9.86. The molecule has 1 saturated heterocycles. The summed E-state index contributed by atoms with van der Waals surface area (Å²) in [5.41, 5.74) is 1.49. The van der Waals surface area contributed by atoms with E-state index in [1.165, 1.54) is 35.1 Å². The van der Waals surface area contributed by atoms with Crippen LogP contribution >= 0.6 is 11.3 Å². The van der Waals surface area contributed by atoms with Gasteiger partial charge in [-0.25, -0.2) is 9.97 Å². The molecule has 0 saturated carbocycles. The molecule has 1 fully saturated rings. The van der Waals surface area contributed by atoms with Gasteiger partial charge in [-0.2, -0.15) is 0 Å². The first-order valence-electron chi connectivity index (χ1n) is 7.48. The van der Waals surface area contributed by atoms with Gasteiger partial charge in [0.05, 0.1) is 5.39 Å². The smallest absolute Gasteiger partial charge is 0.141 e. The fourth-order valence-electron chi connectivity index (χ4n) is 3.56. The minimum absolute atomic E-state index is 0.284. The first kappa shape index (κ1) is 12.5. The summed E-state index contributed by atoms with van der Waals surface area (Å²) in [7, 11) is 0. The number of aliphatic hydroxyl groups is 1. The summed E-state index contributed by atoms with van der Waals surface area (Å²) in [6, 6.07) is 0. The number of aliphatic hydroxyl groups excluding tert-OH is 1. The number of fused-ring (bicyclic) bond motifs is 3. The van der Waals surface area contributed by atoms with Gasteiger partial charge in [0.1, 0.15) is 17.0 Å². The molecule has 5 heteroatoms. The van der Waals surface area contributed by atoms with Crippen LogP contribution in [0.15, 0.2) is 6.33 Å². The van der Waals surface area contributed by atoms with Crippen molar-refractivity contribution in [2.24, 2.45) is 5.92 Å². The first-order valence-corrected chi connectivity index (χ1v) is 8.29. The van der Waals surface area contributed by atoms with Crippen LogP contribution in [0.2, 0.25) is 0 Å². The molecule has 1 N–H and O–H groups in total. The van der Waals surface area contributed by atoms with E-state index in [0.29, 0.717) is 5.92 Å². The van der Waals surface area contributed by atoms with Gasteiger partial charge in [-0.1, -0.05) is 0 Å². The lowest BCUT2D eigenvalue weighted by molar-refractivity contribution is 0.208. The van der Waals surface area contributed by atoms with E-state index in [4.69, 9.17) is 0 Å². The Labute approximate surface area is 122 Å². The highest BCUT2D eigenvalue weighted by Gasteiger charge is 2.26. The van der Waals surface area contributed by atoms with E-state index in [9.17, 15) is 5.11 Å². The Morgan fingerprint density at radius 1 is 1.30 bits per heavy atom. The molecule has 0 spiro atoms. The highest BCUT2D eigenvalue weighted by Crippen LogP contribution is 2.40. The maximum absolute atomic E-state index is 9.43. The second-order valence-corrected chi connectivity index (χ2v) is 6.96. The maximum atomic E-state index is 9.43. The molecule has 1 atom stereocenters. The Bertz CT molecular complexity index is 639. The van der Waals surface area contributed by atoms with Gasteiger partial charge in [0.2, 0.25) is 0 Å². The summed E-state index contributed by atoms with van der Waals surface area (Å²) < 4.78 is 0. The third-order valence-corrected chi connectivity index (χ3v) is 5.76. The Hall–Kier alpha value is -1.20. The molecule has 2 aliphatic rings. The zero-order chi connectivity index (χ0) is 13.5. The molecular formula is C15H19N3OS. The Morgan fingerprint density at radius 3 is 3.15 bits per heavy atom. The van der Waals surface area contributed by atoms with E-state index in [1.54, 1.807) is 6.33 Å². The van der Waals surface area contributed by atoms with Crippen molar-refractivity contribution < 1.29 is 5.11 Å². The summed E-state index contributed by atoms with van der Waals surface area (Å²) in [5.74, 6) is 1.49. The summed E-state index contributed by atoms with van der Waals surface area (Å²) in [4.78, 5) is 14.1. The summed E-state index contributed by atoms with van der Waals surface area (Å²) in [5, 5.41) is 10.7. The minimum atomic E-state index is 0.284. The van der Waals surface area contributed by atoms with E-state index < -0.39 is 0 Å². The van der Waals surface area contributed by atoms with Crippen molar-refractivity contribution in [2.45, 2.75) is 32.1 Å². The van der Waals surface area contributed by atoms with E-state index in [1.807, 2.05) is 11.3 Å². The van der Waals surface area contributed by atoms with E-state index >= 15 is 0 Å². The number of aryl methyl sites for hydroxylation is 2. The Kier molecular flexibility index (Phi) is 3.11. The molecule has 0 radical (unpaired) electrons. The molecule has 1 aliphatic carbocycles. The summed E-state index contributed by atoms with van der Waals surface area (Å²) >= 11 is 1.84. The number of hydrogen-bond acceptors (Lipinski definition) is 5. The standard InChI is InChI=1S/C15H19N3OS/c19-8-10-3-2-6-18(7-10)14-13-11-4-1-5-12(11)20-15(13)17-9-16-14/h9-10,19H,1-8H2/t10-/m0/s1. The lowest BCUT2D eigenvalue weighted by Gasteiger charge is -2.33. The second-order valence-electron chi connectivity index (χ2n) is 5.87. The number of thiophene rings is 1. The minimum Gasteiger partial charge on any atom is -0.396 e. The van der Waals surface area contributed by atoms with Crippen LogP contribution < -0.4 is 4.90 Å². The molecule has 1 aliphatic heterocycles. The quantitative estimate of drug-likeness (QED) is 0.922. The molecule has 4 rings (SSSR count). The third kappa shape index (κ3) is 1.91. The van der Waals surface area contributed by atoms with Gasteiger partial charge in [0, 0.05) is 24.6 Å². The fraction of sp³-hybridized carbons (Fsp3) is 0.600. The van der Waals surface area contributed by atoms with Crippen LogP contribution in [-0.2, 0) is 12.8 Å². The van der Waals surface area contributed by atoms with Gasteiger partial charge >= 0.3 is 0 Å². The zero-order valence-electron chi connectivity index (χ0n) is 11.5. The predicted octanol–water partition coefficient (Wildman–Crippen LogP) is 2.39. The lowest BCUT2D eigenvalue weighted by Crippen LogP contribution is -2.37. The average molecular weight is 289 g/mol. The Morgan fingerprint density at radius 2 is 2.25 bits per heavy atom. The van der Waals surface area contributed by atoms with E-state index in [-0.39, 0.29) is 6.61 Å². The highest BCUT2D eigenvalue weighted by atomic mass is 32.1. The van der Waals surface area contributed by atoms with Crippen molar-refractivity contribution in [1.82, 2.24) is 9.97 Å². The molecule has 0 bridgehead atoms. The number of hydrogen-bond donors (Lipinski definition) is 1. The number of piperidine rings is 1. The summed E-state index contributed by atoms with van der Waals surface area (Å²) in [6.07, 6.45) is 7.62. The van der Waals surface area contributed by atoms with Crippen LogP contribution in [0.4, 0.5) is 5.82 Å². The topological polar surface area (TPSA) is 49.2 Å². The van der Waals surface area contributed by atoms with Gasteiger partial charge in [-0.15, -0.1) is 11.3 Å². The molecule has 106 valence electrons. The van der Waals surface area contributed by atoms with Crippen molar-refractivity contribution in [1.29, 1.82) is 0 Å². The van der Waals surface area contributed by atoms with Crippen LogP contribution in [0.3, 0.4) is 0 Å². The Balaban J connectivity index is 1.79. The van der Waals surface area contributed by atoms with E-state index in [0.717, 1.165) is 36.6 Å². The second kappa shape index (κ2) is 4.97. The van der Waals surface area contributed by atoms with Crippen molar-refractivity contribution in [3.8, 4) is 0 Å². The number of aromatic nitrogens is 2. The summed E-state index contributed by atoms with van der Waals surface area (Å²) in [6.45, 7) is 2.26. The molecule has 2 aromatic heterocycles. The molecule has 20 heavy (non-hydrogen) atoms. The molecule has 0 amide bonds.